The fraction of sp³-hybridized carbons (Fsp3) is 0.381. The van der Waals surface area contributed by atoms with Gasteiger partial charge < -0.3 is 10.2 Å². The summed E-state index contributed by atoms with van der Waals surface area (Å²) in [4.78, 5) is 16.0. The van der Waals surface area contributed by atoms with Gasteiger partial charge in [-0.05, 0) is 56.1 Å². The minimum Gasteiger partial charge on any atom is -0.337 e. The number of halogens is 1. The van der Waals surface area contributed by atoms with Crippen LogP contribution in [0.1, 0.15) is 33.5 Å². The molecule has 1 amide bonds. The summed E-state index contributed by atoms with van der Waals surface area (Å²) >= 11 is 1.83. The van der Waals surface area contributed by atoms with Gasteiger partial charge in [-0.3, -0.25) is 4.79 Å². The summed E-state index contributed by atoms with van der Waals surface area (Å²) in [5.41, 5.74) is 4.61. The molecule has 3 rings (SSSR count). The fourth-order valence-corrected chi connectivity index (χ4v) is 4.10. The van der Waals surface area contributed by atoms with Gasteiger partial charge in [-0.25, -0.2) is 0 Å². The highest BCUT2D eigenvalue weighted by molar-refractivity contribution is 7.98. The highest BCUT2D eigenvalue weighted by Gasteiger charge is 2.17. The second kappa shape index (κ2) is 10.0. The molecule has 0 radical (unpaired) electrons. The molecular formula is C21H27ClN2OS. The molecule has 5 heteroatoms. The van der Waals surface area contributed by atoms with Crippen molar-refractivity contribution in [2.24, 2.45) is 0 Å². The smallest absolute Gasteiger partial charge is 0.253 e. The molecule has 2 aromatic carbocycles. The van der Waals surface area contributed by atoms with Crippen LogP contribution >= 0.6 is 24.2 Å². The third-order valence-electron chi connectivity index (χ3n) is 4.53. The summed E-state index contributed by atoms with van der Waals surface area (Å²) in [6.07, 6.45) is 1.02. The van der Waals surface area contributed by atoms with E-state index >= 15 is 0 Å². The summed E-state index contributed by atoms with van der Waals surface area (Å²) in [6.45, 7) is 7.79. The zero-order valence-electron chi connectivity index (χ0n) is 15.5. The maximum atomic E-state index is 12.8. The van der Waals surface area contributed by atoms with E-state index in [0.717, 1.165) is 43.9 Å². The van der Waals surface area contributed by atoms with Crippen LogP contribution in [0.2, 0.25) is 0 Å². The number of nitrogens with zero attached hydrogens (tertiary/aromatic N) is 1. The molecule has 3 nitrogen and oxygen atoms in total. The van der Waals surface area contributed by atoms with Crippen LogP contribution in [0.3, 0.4) is 0 Å². The van der Waals surface area contributed by atoms with Crippen LogP contribution in [0.5, 0.6) is 0 Å². The Morgan fingerprint density at radius 1 is 1.12 bits per heavy atom. The fourth-order valence-electron chi connectivity index (χ4n) is 3.15. The molecular weight excluding hydrogens is 364 g/mol. The number of hydrogen-bond donors (Lipinski definition) is 1. The molecule has 1 aliphatic heterocycles. The van der Waals surface area contributed by atoms with Crippen LogP contribution < -0.4 is 5.32 Å². The Labute approximate surface area is 167 Å². The van der Waals surface area contributed by atoms with E-state index in [1.165, 1.54) is 21.6 Å². The van der Waals surface area contributed by atoms with Crippen LogP contribution in [-0.4, -0.2) is 37.0 Å². The predicted octanol–water partition coefficient (Wildman–Crippen LogP) is 4.45. The van der Waals surface area contributed by atoms with Crippen LogP contribution in [0.25, 0.3) is 0 Å². The van der Waals surface area contributed by atoms with E-state index in [-0.39, 0.29) is 18.3 Å². The normalized spacial score (nSPS) is 14.5. The molecule has 140 valence electrons. The molecule has 1 fully saturated rings. The van der Waals surface area contributed by atoms with E-state index in [4.69, 9.17) is 0 Å². The average molecular weight is 391 g/mol. The largest absolute Gasteiger partial charge is 0.337 e. The van der Waals surface area contributed by atoms with Gasteiger partial charge in [0.25, 0.3) is 5.91 Å². The Morgan fingerprint density at radius 2 is 1.96 bits per heavy atom. The first-order valence-electron chi connectivity index (χ1n) is 8.92. The lowest BCUT2D eigenvalue weighted by Crippen LogP contribution is -2.34. The summed E-state index contributed by atoms with van der Waals surface area (Å²) < 4.78 is 0. The lowest BCUT2D eigenvalue weighted by Gasteiger charge is -2.20. The number of benzene rings is 2. The average Bonchev–Trinajstić information content (AvgIpc) is 2.90. The zero-order chi connectivity index (χ0) is 17.6. The molecule has 0 unspecified atom stereocenters. The second-order valence-electron chi connectivity index (χ2n) is 6.65. The first kappa shape index (κ1) is 20.8. The van der Waals surface area contributed by atoms with E-state index in [1.807, 2.05) is 28.8 Å². The van der Waals surface area contributed by atoms with Gasteiger partial charge in [0.05, 0.1) is 0 Å². The van der Waals surface area contributed by atoms with Gasteiger partial charge >= 0.3 is 0 Å². The molecule has 0 aliphatic carbocycles. The van der Waals surface area contributed by atoms with Gasteiger partial charge in [0, 0.05) is 35.8 Å². The minimum absolute atomic E-state index is 0. The van der Waals surface area contributed by atoms with Crippen molar-refractivity contribution in [1.29, 1.82) is 0 Å². The van der Waals surface area contributed by atoms with Crippen LogP contribution in [0, 0.1) is 13.8 Å². The second-order valence-corrected chi connectivity index (χ2v) is 7.67. The SMILES string of the molecule is Cc1ccc(SCc2cccc(C(=O)N3CCCNCC3)c2)c(C)c1.Cl. The van der Waals surface area contributed by atoms with E-state index in [1.54, 1.807) is 0 Å². The van der Waals surface area contributed by atoms with Crippen molar-refractivity contribution in [3.8, 4) is 0 Å². The number of carbonyl (C=O) groups is 1. The zero-order valence-corrected chi connectivity index (χ0v) is 17.1. The van der Waals surface area contributed by atoms with Crippen molar-refractivity contribution < 1.29 is 4.79 Å². The molecule has 1 heterocycles. The van der Waals surface area contributed by atoms with Gasteiger partial charge in [-0.15, -0.1) is 24.2 Å². The number of amides is 1. The number of hydrogen-bond acceptors (Lipinski definition) is 3. The van der Waals surface area contributed by atoms with Crippen molar-refractivity contribution >= 4 is 30.1 Å². The topological polar surface area (TPSA) is 32.3 Å². The van der Waals surface area contributed by atoms with Crippen molar-refractivity contribution in [3.05, 3.63) is 64.7 Å². The first-order chi connectivity index (χ1) is 12.1. The maximum absolute atomic E-state index is 12.8. The van der Waals surface area contributed by atoms with Crippen molar-refractivity contribution in [2.75, 3.05) is 26.2 Å². The molecule has 0 saturated carbocycles. The Bertz CT molecular complexity index is 743. The molecule has 0 atom stereocenters. The molecule has 0 aromatic heterocycles. The van der Waals surface area contributed by atoms with Crippen molar-refractivity contribution in [2.45, 2.75) is 30.9 Å². The minimum atomic E-state index is 0. The monoisotopic (exact) mass is 390 g/mol. The van der Waals surface area contributed by atoms with E-state index in [9.17, 15) is 4.79 Å². The molecule has 1 aliphatic rings. The third kappa shape index (κ3) is 5.50. The number of thioether (sulfide) groups is 1. The molecule has 1 N–H and O–H groups in total. The van der Waals surface area contributed by atoms with Gasteiger partial charge in [0.15, 0.2) is 0 Å². The predicted molar refractivity (Wildman–Crippen MR) is 113 cm³/mol. The first-order valence-corrected chi connectivity index (χ1v) is 9.91. The van der Waals surface area contributed by atoms with E-state index in [2.05, 4.69) is 49.5 Å². The Hall–Kier alpha value is -1.49. The molecule has 2 aromatic rings. The Balaban J connectivity index is 0.00000243. The summed E-state index contributed by atoms with van der Waals surface area (Å²) in [7, 11) is 0. The molecule has 0 bridgehead atoms. The number of rotatable bonds is 4. The summed E-state index contributed by atoms with van der Waals surface area (Å²) in [6, 6.07) is 14.7. The van der Waals surface area contributed by atoms with Crippen LogP contribution in [0.15, 0.2) is 47.4 Å². The molecule has 26 heavy (non-hydrogen) atoms. The molecule has 1 saturated heterocycles. The van der Waals surface area contributed by atoms with Gasteiger partial charge in [0.2, 0.25) is 0 Å². The third-order valence-corrected chi connectivity index (χ3v) is 5.77. The van der Waals surface area contributed by atoms with Crippen LogP contribution in [-0.2, 0) is 5.75 Å². The van der Waals surface area contributed by atoms with E-state index in [0.29, 0.717) is 0 Å². The Kier molecular flexibility index (Phi) is 8.01. The van der Waals surface area contributed by atoms with Gasteiger partial charge in [-0.2, -0.15) is 0 Å². The van der Waals surface area contributed by atoms with E-state index < -0.39 is 0 Å². The van der Waals surface area contributed by atoms with Gasteiger partial charge in [-0.1, -0.05) is 29.8 Å². The summed E-state index contributed by atoms with van der Waals surface area (Å²) in [5.74, 6) is 1.04. The number of aryl methyl sites for hydroxylation is 2. The maximum Gasteiger partial charge on any atom is 0.253 e. The molecule has 0 spiro atoms. The quantitative estimate of drug-likeness (QED) is 0.782. The van der Waals surface area contributed by atoms with Crippen molar-refractivity contribution in [3.63, 3.8) is 0 Å². The summed E-state index contributed by atoms with van der Waals surface area (Å²) in [5, 5.41) is 3.35. The lowest BCUT2D eigenvalue weighted by molar-refractivity contribution is 0.0766. The standard InChI is InChI=1S/C21H26N2OS.ClH/c1-16-7-8-20(17(2)13-16)25-15-18-5-3-6-19(14-18)21(24)23-11-4-9-22-10-12-23;/h3,5-8,13-14,22H,4,9-12,15H2,1-2H3;1H. The van der Waals surface area contributed by atoms with Crippen LogP contribution in [0.4, 0.5) is 0 Å². The lowest BCUT2D eigenvalue weighted by atomic mass is 10.1. The van der Waals surface area contributed by atoms with Crippen molar-refractivity contribution in [1.82, 2.24) is 10.2 Å². The Morgan fingerprint density at radius 3 is 2.77 bits per heavy atom. The highest BCUT2D eigenvalue weighted by atomic mass is 35.5. The number of nitrogens with one attached hydrogen (secondary N) is 1. The number of carbonyl (C=O) groups excluding carboxylic acids is 1. The van der Waals surface area contributed by atoms with Gasteiger partial charge in [0.1, 0.15) is 0 Å². The highest BCUT2D eigenvalue weighted by Crippen LogP contribution is 2.27.